The second-order valence-electron chi connectivity index (χ2n) is 4.58. The number of benzene rings is 2. The van der Waals surface area contributed by atoms with E-state index in [1.807, 2.05) is 24.3 Å². The number of primary amides is 1. The highest BCUT2D eigenvalue weighted by atomic mass is 35.5. The third-order valence-corrected chi connectivity index (χ3v) is 3.60. The molecule has 4 nitrogen and oxygen atoms in total. The molecule has 116 valence electrons. The quantitative estimate of drug-likeness (QED) is 0.872. The maximum atomic E-state index is 11.3. The molecule has 0 radical (unpaired) electrons. The lowest BCUT2D eigenvalue weighted by Gasteiger charge is -2.13. The maximum Gasteiger partial charge on any atom is 0.250 e. The number of ether oxygens (including phenoxy) is 2. The molecule has 0 bridgehead atoms. The van der Waals surface area contributed by atoms with Gasteiger partial charge in [0.05, 0.1) is 24.3 Å². The highest BCUT2D eigenvalue weighted by Gasteiger charge is 2.14. The van der Waals surface area contributed by atoms with Crippen LogP contribution in [0.5, 0.6) is 11.5 Å². The van der Waals surface area contributed by atoms with Crippen LogP contribution in [0.1, 0.15) is 15.9 Å². The third-order valence-electron chi connectivity index (χ3n) is 3.06. The first kappa shape index (κ1) is 16.5. The Hall–Kier alpha value is -1.91. The Labute approximate surface area is 138 Å². The van der Waals surface area contributed by atoms with Gasteiger partial charge in [-0.25, -0.2) is 0 Å². The lowest BCUT2D eigenvalue weighted by molar-refractivity contribution is 0.1000. The number of methoxy groups -OCH3 is 1. The van der Waals surface area contributed by atoms with Gasteiger partial charge >= 0.3 is 0 Å². The van der Waals surface area contributed by atoms with Crippen molar-refractivity contribution in [3.63, 3.8) is 0 Å². The summed E-state index contributed by atoms with van der Waals surface area (Å²) in [6.07, 6.45) is 0.665. The molecule has 2 rings (SSSR count). The molecule has 0 aliphatic rings. The van der Waals surface area contributed by atoms with Crippen molar-refractivity contribution in [1.82, 2.24) is 0 Å². The summed E-state index contributed by atoms with van der Waals surface area (Å²) in [5.74, 6) is 0.246. The van der Waals surface area contributed by atoms with Gasteiger partial charge in [-0.05, 0) is 23.8 Å². The van der Waals surface area contributed by atoms with Gasteiger partial charge in [0.25, 0.3) is 0 Å². The second kappa shape index (κ2) is 7.38. The smallest absolute Gasteiger partial charge is 0.250 e. The Morgan fingerprint density at radius 2 is 1.95 bits per heavy atom. The van der Waals surface area contributed by atoms with Crippen LogP contribution in [0.15, 0.2) is 36.4 Å². The molecule has 0 spiro atoms. The van der Waals surface area contributed by atoms with Crippen LogP contribution in [-0.4, -0.2) is 19.6 Å². The Kier molecular flexibility index (Phi) is 5.52. The summed E-state index contributed by atoms with van der Waals surface area (Å²) in [5, 5.41) is 0.907. The zero-order valence-corrected chi connectivity index (χ0v) is 13.4. The summed E-state index contributed by atoms with van der Waals surface area (Å²) in [7, 11) is 1.50. The topological polar surface area (TPSA) is 61.5 Å². The monoisotopic (exact) mass is 339 g/mol. The summed E-state index contributed by atoms with van der Waals surface area (Å²) >= 11 is 11.9. The fraction of sp³-hybridized carbons (Fsp3) is 0.188. The summed E-state index contributed by atoms with van der Waals surface area (Å²) < 4.78 is 10.9. The van der Waals surface area contributed by atoms with Crippen molar-refractivity contribution < 1.29 is 14.3 Å². The van der Waals surface area contributed by atoms with Crippen molar-refractivity contribution in [2.24, 2.45) is 5.73 Å². The molecule has 0 saturated heterocycles. The fourth-order valence-corrected chi connectivity index (χ4v) is 2.43. The van der Waals surface area contributed by atoms with Crippen molar-refractivity contribution in [2.45, 2.75) is 6.42 Å². The van der Waals surface area contributed by atoms with Crippen molar-refractivity contribution in [2.75, 3.05) is 13.7 Å². The molecule has 0 aromatic heterocycles. The normalized spacial score (nSPS) is 10.3. The van der Waals surface area contributed by atoms with Crippen molar-refractivity contribution in [1.29, 1.82) is 0 Å². The van der Waals surface area contributed by atoms with Crippen LogP contribution in [0, 0.1) is 0 Å². The van der Waals surface area contributed by atoms with E-state index in [9.17, 15) is 4.79 Å². The lowest BCUT2D eigenvalue weighted by Crippen LogP contribution is -2.12. The molecule has 0 aliphatic heterocycles. The molecule has 1 amide bonds. The van der Waals surface area contributed by atoms with Crippen LogP contribution in [0.4, 0.5) is 0 Å². The number of halogens is 2. The van der Waals surface area contributed by atoms with E-state index >= 15 is 0 Å². The van der Waals surface area contributed by atoms with Gasteiger partial charge in [-0.1, -0.05) is 35.3 Å². The van der Waals surface area contributed by atoms with E-state index in [4.69, 9.17) is 38.4 Å². The Bertz CT molecular complexity index is 689. The molecule has 0 fully saturated rings. The molecule has 2 aromatic carbocycles. The van der Waals surface area contributed by atoms with Crippen LogP contribution >= 0.6 is 23.2 Å². The minimum absolute atomic E-state index is 0.195. The van der Waals surface area contributed by atoms with E-state index < -0.39 is 5.91 Å². The van der Waals surface area contributed by atoms with E-state index in [0.29, 0.717) is 29.5 Å². The van der Waals surface area contributed by atoms with Crippen LogP contribution < -0.4 is 15.2 Å². The Balaban J connectivity index is 2.11. The van der Waals surface area contributed by atoms with E-state index in [1.165, 1.54) is 19.2 Å². The van der Waals surface area contributed by atoms with Gasteiger partial charge in [0.2, 0.25) is 5.91 Å². The van der Waals surface area contributed by atoms with Crippen molar-refractivity contribution in [3.8, 4) is 11.5 Å². The zero-order valence-electron chi connectivity index (χ0n) is 11.9. The first-order valence-corrected chi connectivity index (χ1v) is 7.31. The standard InChI is InChI=1S/C16H15Cl2NO3/c1-21-14-9-13(18)12(16(19)20)8-15(14)22-6-5-10-3-2-4-11(17)7-10/h2-4,7-9H,5-6H2,1H3,(H2,19,20). The number of nitrogens with two attached hydrogens (primary N) is 1. The molecular weight excluding hydrogens is 325 g/mol. The molecule has 0 unspecified atom stereocenters. The van der Waals surface area contributed by atoms with Gasteiger partial charge in [0.15, 0.2) is 11.5 Å². The second-order valence-corrected chi connectivity index (χ2v) is 5.42. The number of carbonyl (C=O) groups is 1. The van der Waals surface area contributed by atoms with E-state index in [-0.39, 0.29) is 10.6 Å². The molecule has 0 heterocycles. The number of amides is 1. The van der Waals surface area contributed by atoms with E-state index in [1.54, 1.807) is 0 Å². The van der Waals surface area contributed by atoms with Crippen LogP contribution in [0.25, 0.3) is 0 Å². The lowest BCUT2D eigenvalue weighted by atomic mass is 10.1. The average Bonchev–Trinajstić information content (AvgIpc) is 2.48. The molecule has 0 aliphatic carbocycles. The Morgan fingerprint density at radius 1 is 1.18 bits per heavy atom. The van der Waals surface area contributed by atoms with Crippen LogP contribution in [0.3, 0.4) is 0 Å². The highest BCUT2D eigenvalue weighted by molar-refractivity contribution is 6.34. The molecule has 6 heteroatoms. The third kappa shape index (κ3) is 4.06. The van der Waals surface area contributed by atoms with Gasteiger partial charge in [-0.2, -0.15) is 0 Å². The largest absolute Gasteiger partial charge is 0.493 e. The van der Waals surface area contributed by atoms with Gasteiger partial charge in [-0.3, -0.25) is 4.79 Å². The van der Waals surface area contributed by atoms with Crippen LogP contribution in [-0.2, 0) is 6.42 Å². The molecule has 0 saturated carbocycles. The average molecular weight is 340 g/mol. The van der Waals surface area contributed by atoms with Gasteiger partial charge in [-0.15, -0.1) is 0 Å². The Morgan fingerprint density at radius 3 is 2.59 bits per heavy atom. The number of rotatable bonds is 6. The van der Waals surface area contributed by atoms with Crippen molar-refractivity contribution >= 4 is 29.1 Å². The van der Waals surface area contributed by atoms with E-state index in [0.717, 1.165) is 5.56 Å². The highest BCUT2D eigenvalue weighted by Crippen LogP contribution is 2.33. The van der Waals surface area contributed by atoms with Crippen molar-refractivity contribution in [3.05, 3.63) is 57.6 Å². The van der Waals surface area contributed by atoms with Gasteiger partial charge in [0, 0.05) is 17.5 Å². The minimum atomic E-state index is -0.618. The summed E-state index contributed by atoms with van der Waals surface area (Å²) in [6, 6.07) is 10.5. The maximum absolute atomic E-state index is 11.3. The van der Waals surface area contributed by atoms with Gasteiger partial charge < -0.3 is 15.2 Å². The molecule has 2 aromatic rings. The molecule has 22 heavy (non-hydrogen) atoms. The van der Waals surface area contributed by atoms with Crippen LogP contribution in [0.2, 0.25) is 10.0 Å². The molecular formula is C16H15Cl2NO3. The number of hydrogen-bond acceptors (Lipinski definition) is 3. The number of carbonyl (C=O) groups excluding carboxylic acids is 1. The first-order chi connectivity index (χ1) is 10.5. The first-order valence-electron chi connectivity index (χ1n) is 6.56. The molecule has 0 atom stereocenters. The predicted octanol–water partition coefficient (Wildman–Crippen LogP) is 3.72. The van der Waals surface area contributed by atoms with E-state index in [2.05, 4.69) is 0 Å². The summed E-state index contributed by atoms with van der Waals surface area (Å²) in [6.45, 7) is 0.399. The summed E-state index contributed by atoms with van der Waals surface area (Å²) in [4.78, 5) is 11.3. The number of hydrogen-bond donors (Lipinski definition) is 1. The fourth-order valence-electron chi connectivity index (χ4n) is 1.97. The molecule has 2 N–H and O–H groups in total. The summed E-state index contributed by atoms with van der Waals surface area (Å²) in [5.41, 5.74) is 6.52. The minimum Gasteiger partial charge on any atom is -0.493 e. The van der Waals surface area contributed by atoms with Gasteiger partial charge in [0.1, 0.15) is 0 Å². The zero-order chi connectivity index (χ0) is 16.1. The SMILES string of the molecule is COc1cc(Cl)c(C(N)=O)cc1OCCc1cccc(Cl)c1. The predicted molar refractivity (Wildman–Crippen MR) is 87.2 cm³/mol.